The van der Waals surface area contributed by atoms with E-state index in [0.29, 0.717) is 19.3 Å². The molecule has 1 unspecified atom stereocenters. The molecule has 0 saturated carbocycles. The molecule has 0 spiro atoms. The van der Waals surface area contributed by atoms with Gasteiger partial charge < -0.3 is 20.1 Å². The van der Waals surface area contributed by atoms with Gasteiger partial charge in [0.1, 0.15) is 0 Å². The Bertz CT molecular complexity index is 330. The van der Waals surface area contributed by atoms with Crippen LogP contribution in [-0.2, 0) is 9.47 Å². The molecule has 0 aromatic carbocycles. The molecule has 0 bridgehead atoms. The fourth-order valence-corrected chi connectivity index (χ4v) is 2.34. The lowest BCUT2D eigenvalue weighted by atomic mass is 10.1. The maximum Gasteiger partial charge on any atom is 0.0701 e. The maximum atomic E-state index is 5.57. The molecule has 142 valence electrons. The van der Waals surface area contributed by atoms with Crippen LogP contribution in [0.4, 0.5) is 0 Å². The highest BCUT2D eigenvalue weighted by molar-refractivity contribution is 5.11. The second-order valence-corrected chi connectivity index (χ2v) is 6.43. The van der Waals surface area contributed by atoms with Crippen LogP contribution in [0.15, 0.2) is 23.8 Å². The lowest BCUT2D eigenvalue weighted by Crippen LogP contribution is -2.29. The van der Waals surface area contributed by atoms with Crippen molar-refractivity contribution in [3.63, 3.8) is 0 Å². The fourth-order valence-electron chi connectivity index (χ4n) is 2.34. The van der Waals surface area contributed by atoms with Crippen molar-refractivity contribution < 1.29 is 9.47 Å². The van der Waals surface area contributed by atoms with Gasteiger partial charge in [-0.05, 0) is 40.0 Å². The Kier molecular flexibility index (Phi) is 16.7. The minimum absolute atomic E-state index is 0.582. The zero-order valence-corrected chi connectivity index (χ0v) is 16.5. The molecule has 4 heteroatoms. The van der Waals surface area contributed by atoms with Gasteiger partial charge in [-0.15, -0.1) is 6.58 Å². The van der Waals surface area contributed by atoms with Crippen molar-refractivity contribution in [3.8, 4) is 0 Å². The monoisotopic (exact) mass is 340 g/mol. The summed E-state index contributed by atoms with van der Waals surface area (Å²) in [5.74, 6) is 0. The second kappa shape index (κ2) is 17.2. The van der Waals surface area contributed by atoms with E-state index in [0.717, 1.165) is 45.7 Å². The van der Waals surface area contributed by atoms with Crippen molar-refractivity contribution in [1.29, 1.82) is 0 Å². The van der Waals surface area contributed by atoms with Gasteiger partial charge in [-0.1, -0.05) is 30.6 Å². The van der Waals surface area contributed by atoms with Gasteiger partial charge in [0.15, 0.2) is 0 Å². The Morgan fingerprint density at radius 2 is 1.71 bits per heavy atom. The molecule has 0 aliphatic rings. The lowest BCUT2D eigenvalue weighted by Gasteiger charge is -2.12. The fraction of sp³-hybridized carbons (Fsp3) is 0.800. The van der Waals surface area contributed by atoms with Crippen LogP contribution in [-0.4, -0.2) is 52.1 Å². The smallest absolute Gasteiger partial charge is 0.0701 e. The first-order chi connectivity index (χ1) is 11.6. The third-order valence-electron chi connectivity index (χ3n) is 4.10. The van der Waals surface area contributed by atoms with E-state index in [1.54, 1.807) is 0 Å². The second-order valence-electron chi connectivity index (χ2n) is 6.43. The van der Waals surface area contributed by atoms with Crippen LogP contribution in [0.1, 0.15) is 53.4 Å². The molecule has 0 radical (unpaired) electrons. The van der Waals surface area contributed by atoms with Crippen LogP contribution in [0, 0.1) is 0 Å². The summed E-state index contributed by atoms with van der Waals surface area (Å²) in [5.41, 5.74) is 2.88. The predicted molar refractivity (Wildman–Crippen MR) is 105 cm³/mol. The minimum Gasteiger partial charge on any atom is -0.378 e. The molecule has 4 nitrogen and oxygen atoms in total. The molecule has 0 aromatic heterocycles. The Morgan fingerprint density at radius 1 is 1.04 bits per heavy atom. The van der Waals surface area contributed by atoms with Crippen LogP contribution in [0.2, 0.25) is 0 Å². The quantitative estimate of drug-likeness (QED) is 0.313. The van der Waals surface area contributed by atoms with Crippen LogP contribution in [0.25, 0.3) is 0 Å². The van der Waals surface area contributed by atoms with Crippen molar-refractivity contribution in [2.75, 3.05) is 46.1 Å². The third kappa shape index (κ3) is 14.9. The normalized spacial score (nSPS) is 13.7. The van der Waals surface area contributed by atoms with Crippen molar-refractivity contribution in [1.82, 2.24) is 10.6 Å². The summed E-state index contributed by atoms with van der Waals surface area (Å²) in [4.78, 5) is 0. The van der Waals surface area contributed by atoms with E-state index in [1.807, 2.05) is 6.08 Å². The summed E-state index contributed by atoms with van der Waals surface area (Å²) in [5, 5.41) is 6.87. The van der Waals surface area contributed by atoms with Gasteiger partial charge in [-0.3, -0.25) is 0 Å². The van der Waals surface area contributed by atoms with Crippen molar-refractivity contribution in [2.45, 2.75) is 59.4 Å². The van der Waals surface area contributed by atoms with Crippen LogP contribution < -0.4 is 10.6 Å². The molecule has 2 N–H and O–H groups in total. The number of ether oxygens (including phenoxy) is 2. The molecule has 0 amide bonds. The van der Waals surface area contributed by atoms with E-state index in [2.05, 4.69) is 44.9 Å². The number of hydrogen-bond acceptors (Lipinski definition) is 4. The molecule has 0 heterocycles. The van der Waals surface area contributed by atoms with E-state index in [1.165, 1.54) is 24.0 Å². The summed E-state index contributed by atoms with van der Waals surface area (Å²) >= 11 is 0. The molecule has 0 aliphatic heterocycles. The van der Waals surface area contributed by atoms with Crippen LogP contribution in [0.5, 0.6) is 0 Å². The van der Waals surface area contributed by atoms with E-state index in [4.69, 9.17) is 9.47 Å². The number of nitrogens with one attached hydrogen (secondary N) is 2. The van der Waals surface area contributed by atoms with Gasteiger partial charge in [0.25, 0.3) is 0 Å². The van der Waals surface area contributed by atoms with Gasteiger partial charge >= 0.3 is 0 Å². The Morgan fingerprint density at radius 3 is 2.33 bits per heavy atom. The molecular weight excluding hydrogens is 300 g/mol. The zero-order chi connectivity index (χ0) is 18.0. The first-order valence-electron chi connectivity index (χ1n) is 9.47. The highest BCUT2D eigenvalue weighted by Crippen LogP contribution is 2.09. The average molecular weight is 341 g/mol. The SMILES string of the molecule is C=CCCC(C)=C(C)CNCCOCCOCCNC(C)CCC. The Balaban J connectivity index is 3.35. The van der Waals surface area contributed by atoms with Crippen LogP contribution in [0.3, 0.4) is 0 Å². The topological polar surface area (TPSA) is 42.5 Å². The van der Waals surface area contributed by atoms with E-state index < -0.39 is 0 Å². The van der Waals surface area contributed by atoms with Crippen molar-refractivity contribution in [2.24, 2.45) is 0 Å². The third-order valence-corrected chi connectivity index (χ3v) is 4.10. The van der Waals surface area contributed by atoms with Gasteiger partial charge in [0, 0.05) is 25.7 Å². The maximum absolute atomic E-state index is 5.57. The number of allylic oxidation sites excluding steroid dienone is 2. The van der Waals surface area contributed by atoms with E-state index in [9.17, 15) is 0 Å². The predicted octanol–water partition coefficient (Wildman–Crippen LogP) is 3.69. The lowest BCUT2D eigenvalue weighted by molar-refractivity contribution is 0.0495. The Labute approximate surface area is 150 Å². The summed E-state index contributed by atoms with van der Waals surface area (Å²) in [7, 11) is 0. The molecule has 24 heavy (non-hydrogen) atoms. The van der Waals surface area contributed by atoms with Crippen molar-refractivity contribution in [3.05, 3.63) is 23.8 Å². The summed E-state index contributed by atoms with van der Waals surface area (Å²) < 4.78 is 11.1. The average Bonchev–Trinajstić information content (AvgIpc) is 2.57. The molecule has 0 rings (SSSR count). The Hall–Kier alpha value is -0.680. The molecule has 1 atom stereocenters. The zero-order valence-electron chi connectivity index (χ0n) is 16.5. The highest BCUT2D eigenvalue weighted by atomic mass is 16.5. The summed E-state index contributed by atoms with van der Waals surface area (Å²) in [6.07, 6.45) is 6.58. The van der Waals surface area contributed by atoms with Gasteiger partial charge in [-0.25, -0.2) is 0 Å². The first kappa shape index (κ1) is 23.3. The number of rotatable bonds is 17. The minimum atomic E-state index is 0.582. The van der Waals surface area contributed by atoms with Gasteiger partial charge in [0.05, 0.1) is 26.4 Å². The largest absolute Gasteiger partial charge is 0.378 e. The highest BCUT2D eigenvalue weighted by Gasteiger charge is 1.99. The molecule has 0 fully saturated rings. The molecular formula is C20H40N2O2. The summed E-state index contributed by atoms with van der Waals surface area (Å²) in [6.45, 7) is 18.1. The van der Waals surface area contributed by atoms with Crippen molar-refractivity contribution >= 4 is 0 Å². The van der Waals surface area contributed by atoms with E-state index in [-0.39, 0.29) is 0 Å². The van der Waals surface area contributed by atoms with Crippen LogP contribution >= 0.6 is 0 Å². The summed E-state index contributed by atoms with van der Waals surface area (Å²) in [6, 6.07) is 0.582. The van der Waals surface area contributed by atoms with Gasteiger partial charge in [0.2, 0.25) is 0 Å². The molecule has 0 saturated heterocycles. The molecule has 0 aliphatic carbocycles. The first-order valence-corrected chi connectivity index (χ1v) is 9.47. The molecule has 0 aromatic rings. The van der Waals surface area contributed by atoms with E-state index >= 15 is 0 Å². The standard InChI is InChI=1S/C20H40N2O2/c1-6-8-10-18(3)19(4)17-21-11-13-23-15-16-24-14-12-22-20(5)9-7-2/h6,20-22H,1,7-17H2,2-5H3. The van der Waals surface area contributed by atoms with Gasteiger partial charge in [-0.2, -0.15) is 0 Å². The number of hydrogen-bond donors (Lipinski definition) is 2.